The number of cyclic esters (lactones) is 1. The lowest BCUT2D eigenvalue weighted by Crippen LogP contribution is -2.41. The van der Waals surface area contributed by atoms with E-state index in [1.54, 1.807) is 0 Å². The summed E-state index contributed by atoms with van der Waals surface area (Å²) in [7, 11) is 0. The summed E-state index contributed by atoms with van der Waals surface area (Å²) in [6, 6.07) is 7.79. The number of nitrogens with zero attached hydrogens (tertiary/aromatic N) is 1. The van der Waals surface area contributed by atoms with Crippen LogP contribution in [0.2, 0.25) is 0 Å². The molecule has 17 heavy (non-hydrogen) atoms. The second-order valence-electron chi connectivity index (χ2n) is 4.04. The Morgan fingerprint density at radius 2 is 2.00 bits per heavy atom. The summed E-state index contributed by atoms with van der Waals surface area (Å²) >= 11 is 0. The number of ether oxygens (including phenoxy) is 1. The van der Waals surface area contributed by atoms with Gasteiger partial charge in [0.25, 0.3) is 0 Å². The molecule has 0 spiro atoms. The Bertz CT molecular complexity index is 440. The number of amidine groups is 1. The lowest BCUT2D eigenvalue weighted by atomic mass is 10.2. The zero-order valence-electron chi connectivity index (χ0n) is 9.86. The second kappa shape index (κ2) is 4.86. The molecular weight excluding hydrogens is 218 g/mol. The first-order chi connectivity index (χ1) is 8.15. The van der Waals surface area contributed by atoms with Crippen molar-refractivity contribution in [1.82, 2.24) is 5.43 Å². The molecule has 0 aromatic heterocycles. The van der Waals surface area contributed by atoms with Crippen molar-refractivity contribution in [2.45, 2.75) is 19.9 Å². The van der Waals surface area contributed by atoms with Gasteiger partial charge >= 0.3 is 5.97 Å². The van der Waals surface area contributed by atoms with Gasteiger partial charge in [-0.3, -0.25) is 15.8 Å². The number of hydrazine groups is 1. The zero-order chi connectivity index (χ0) is 12.3. The number of carbonyl (C=O) groups excluding carboxylic acids is 1. The standard InChI is InChI=1S/C12H15N3O2/c1-8-3-5-10(6-4-8)14-15-11-12(16)17-7-9(2)13-11/h3-6,9,14H,7H2,1-2H3,(H,13,15)/t9-/m1/s1. The van der Waals surface area contributed by atoms with Crippen LogP contribution in [0, 0.1) is 6.92 Å². The minimum absolute atomic E-state index is 0.00461. The van der Waals surface area contributed by atoms with Crippen LogP contribution in [-0.2, 0) is 9.53 Å². The average molecular weight is 233 g/mol. The predicted molar refractivity (Wildman–Crippen MR) is 65.8 cm³/mol. The van der Waals surface area contributed by atoms with Gasteiger partial charge in [-0.25, -0.2) is 4.79 Å². The molecule has 1 atom stereocenters. The highest BCUT2D eigenvalue weighted by Crippen LogP contribution is 2.07. The monoisotopic (exact) mass is 233 g/mol. The molecule has 0 bridgehead atoms. The third kappa shape index (κ3) is 2.96. The van der Waals surface area contributed by atoms with Crippen molar-refractivity contribution in [3.63, 3.8) is 0 Å². The molecule has 1 aliphatic heterocycles. The van der Waals surface area contributed by atoms with E-state index in [1.165, 1.54) is 5.56 Å². The average Bonchev–Trinajstić information content (AvgIpc) is 2.32. The van der Waals surface area contributed by atoms with Gasteiger partial charge in [0.15, 0.2) is 0 Å². The predicted octanol–water partition coefficient (Wildman–Crippen LogP) is 1.26. The molecule has 0 amide bonds. The largest absolute Gasteiger partial charge is 0.458 e. The normalized spacial score (nSPS) is 19.3. The molecule has 2 rings (SSSR count). The fourth-order valence-corrected chi connectivity index (χ4v) is 1.43. The number of nitrogens with one attached hydrogen (secondary N) is 2. The van der Waals surface area contributed by atoms with Crippen molar-refractivity contribution in [2.24, 2.45) is 4.99 Å². The van der Waals surface area contributed by atoms with Crippen LogP contribution in [0.15, 0.2) is 29.3 Å². The Morgan fingerprint density at radius 3 is 2.71 bits per heavy atom. The van der Waals surface area contributed by atoms with Gasteiger partial charge in [-0.05, 0) is 26.0 Å². The van der Waals surface area contributed by atoms with Crippen molar-refractivity contribution in [3.8, 4) is 0 Å². The zero-order valence-corrected chi connectivity index (χ0v) is 9.86. The number of esters is 1. The Hall–Kier alpha value is -2.04. The summed E-state index contributed by atoms with van der Waals surface area (Å²) in [5.74, 6) is -0.216. The minimum Gasteiger partial charge on any atom is -0.458 e. The number of rotatable bonds is 2. The molecule has 5 heteroatoms. The Kier molecular flexibility index (Phi) is 3.27. The maximum atomic E-state index is 11.4. The summed E-state index contributed by atoms with van der Waals surface area (Å²) in [5, 5.41) is 0. The van der Waals surface area contributed by atoms with Gasteiger partial charge in [-0.2, -0.15) is 0 Å². The van der Waals surface area contributed by atoms with E-state index in [2.05, 4.69) is 15.8 Å². The highest BCUT2D eigenvalue weighted by molar-refractivity contribution is 6.35. The van der Waals surface area contributed by atoms with Crippen LogP contribution in [0.3, 0.4) is 0 Å². The highest BCUT2D eigenvalue weighted by atomic mass is 16.5. The third-order valence-corrected chi connectivity index (χ3v) is 2.38. The Morgan fingerprint density at radius 1 is 1.29 bits per heavy atom. The van der Waals surface area contributed by atoms with Gasteiger partial charge in [0.1, 0.15) is 6.61 Å². The fraction of sp³-hybridized carbons (Fsp3) is 0.333. The van der Waals surface area contributed by atoms with Crippen LogP contribution in [0.25, 0.3) is 0 Å². The van der Waals surface area contributed by atoms with Crippen molar-refractivity contribution in [2.75, 3.05) is 12.0 Å². The maximum absolute atomic E-state index is 11.4. The van der Waals surface area contributed by atoms with Crippen LogP contribution in [-0.4, -0.2) is 24.5 Å². The molecule has 1 aliphatic rings. The number of benzene rings is 1. The highest BCUT2D eigenvalue weighted by Gasteiger charge is 2.20. The van der Waals surface area contributed by atoms with Gasteiger partial charge in [0.2, 0.25) is 5.84 Å². The van der Waals surface area contributed by atoms with Crippen molar-refractivity contribution < 1.29 is 9.53 Å². The molecule has 0 saturated heterocycles. The van der Waals surface area contributed by atoms with E-state index in [0.717, 1.165) is 5.69 Å². The number of aliphatic imine (C=N–C) groups is 1. The maximum Gasteiger partial charge on any atom is 0.375 e. The number of carbonyl (C=O) groups is 1. The lowest BCUT2D eigenvalue weighted by molar-refractivity contribution is -0.137. The first kappa shape index (κ1) is 11.4. The van der Waals surface area contributed by atoms with Gasteiger partial charge in [-0.1, -0.05) is 17.7 Å². The molecule has 0 radical (unpaired) electrons. The molecule has 1 aromatic carbocycles. The third-order valence-electron chi connectivity index (χ3n) is 2.38. The van der Waals surface area contributed by atoms with E-state index >= 15 is 0 Å². The van der Waals surface area contributed by atoms with E-state index in [0.29, 0.717) is 6.61 Å². The number of hydrogen-bond donors (Lipinski definition) is 2. The molecule has 1 heterocycles. The van der Waals surface area contributed by atoms with Crippen LogP contribution in [0.5, 0.6) is 0 Å². The number of anilines is 1. The summed E-state index contributed by atoms with van der Waals surface area (Å²) in [6.07, 6.45) is 0. The van der Waals surface area contributed by atoms with Crippen LogP contribution >= 0.6 is 0 Å². The van der Waals surface area contributed by atoms with Crippen molar-refractivity contribution in [3.05, 3.63) is 29.8 Å². The Labute approximate surface area is 99.9 Å². The van der Waals surface area contributed by atoms with Gasteiger partial charge in [0.05, 0.1) is 11.7 Å². The van der Waals surface area contributed by atoms with E-state index in [4.69, 9.17) is 4.74 Å². The van der Waals surface area contributed by atoms with Crippen LogP contribution in [0.4, 0.5) is 5.69 Å². The quantitative estimate of drug-likeness (QED) is 0.596. The van der Waals surface area contributed by atoms with E-state index in [1.807, 2.05) is 38.1 Å². The number of aryl methyl sites for hydroxylation is 1. The van der Waals surface area contributed by atoms with Crippen molar-refractivity contribution in [1.29, 1.82) is 0 Å². The number of hydrogen-bond acceptors (Lipinski definition) is 5. The summed E-state index contributed by atoms with van der Waals surface area (Å²) in [5.41, 5.74) is 7.72. The van der Waals surface area contributed by atoms with Crippen LogP contribution < -0.4 is 10.9 Å². The summed E-state index contributed by atoms with van der Waals surface area (Å²) in [6.45, 7) is 4.25. The van der Waals surface area contributed by atoms with Gasteiger partial charge < -0.3 is 4.74 Å². The first-order valence-corrected chi connectivity index (χ1v) is 5.49. The molecule has 0 unspecified atom stereocenters. The molecule has 0 fully saturated rings. The van der Waals surface area contributed by atoms with Gasteiger partial charge in [0, 0.05) is 0 Å². The minimum atomic E-state index is -0.428. The van der Waals surface area contributed by atoms with Crippen molar-refractivity contribution >= 4 is 17.5 Å². The molecule has 2 N–H and O–H groups in total. The Balaban J connectivity index is 1.97. The molecule has 0 aliphatic carbocycles. The summed E-state index contributed by atoms with van der Waals surface area (Å²) < 4.78 is 4.94. The van der Waals surface area contributed by atoms with Crippen LogP contribution in [0.1, 0.15) is 12.5 Å². The molecule has 90 valence electrons. The summed E-state index contributed by atoms with van der Waals surface area (Å²) in [4.78, 5) is 15.5. The topological polar surface area (TPSA) is 62.7 Å². The van der Waals surface area contributed by atoms with E-state index in [9.17, 15) is 4.79 Å². The first-order valence-electron chi connectivity index (χ1n) is 5.49. The smallest absolute Gasteiger partial charge is 0.375 e. The van der Waals surface area contributed by atoms with Gasteiger partial charge in [-0.15, -0.1) is 0 Å². The molecular formula is C12H15N3O2. The molecule has 5 nitrogen and oxygen atoms in total. The fourth-order valence-electron chi connectivity index (χ4n) is 1.43. The molecule has 0 saturated carbocycles. The SMILES string of the molecule is Cc1ccc(NNC2=N[C@H](C)COC2=O)cc1. The second-order valence-corrected chi connectivity index (χ2v) is 4.04. The van der Waals surface area contributed by atoms with E-state index in [-0.39, 0.29) is 11.9 Å². The lowest BCUT2D eigenvalue weighted by Gasteiger charge is -2.18. The van der Waals surface area contributed by atoms with E-state index < -0.39 is 5.97 Å². The molecule has 1 aromatic rings.